The van der Waals surface area contributed by atoms with Crippen LogP contribution < -0.4 is 16.8 Å². The minimum absolute atomic E-state index is 0.262. The molecule has 6 heteroatoms. The zero-order valence-electron chi connectivity index (χ0n) is 10.9. The van der Waals surface area contributed by atoms with Crippen LogP contribution in [0.5, 0.6) is 0 Å². The second kappa shape index (κ2) is 6.24. The lowest BCUT2D eigenvalue weighted by atomic mass is 10.1. The van der Waals surface area contributed by atoms with Crippen LogP contribution in [0.4, 0.5) is 4.79 Å². The standard InChI is InChI=1S/C7H15N3O3/c8-5(6(11)12)3-1-2-4-10-7(9)13/h5H,1-4,8H2,(H,11,12)(H3,9,10,13)/t5-/m0/s1/i2D2,4D2. The number of carboxylic acids is 1. The van der Waals surface area contributed by atoms with Crippen molar-refractivity contribution in [3.05, 3.63) is 0 Å². The number of hydrogen-bond donors (Lipinski definition) is 4. The van der Waals surface area contributed by atoms with Crippen LogP contribution in [0.15, 0.2) is 0 Å². The number of carboxylic acid groups (broad SMARTS) is 1. The summed E-state index contributed by atoms with van der Waals surface area (Å²) in [6, 6.07) is -2.49. The van der Waals surface area contributed by atoms with Gasteiger partial charge in [-0.15, -0.1) is 0 Å². The summed E-state index contributed by atoms with van der Waals surface area (Å²) in [6.45, 7) is -2.70. The van der Waals surface area contributed by atoms with Crippen LogP contribution in [0.3, 0.4) is 0 Å². The Hall–Kier alpha value is -1.30. The van der Waals surface area contributed by atoms with Crippen molar-refractivity contribution in [2.75, 3.05) is 6.50 Å². The highest BCUT2D eigenvalue weighted by Gasteiger charge is 2.09. The van der Waals surface area contributed by atoms with Crippen molar-refractivity contribution >= 4 is 12.0 Å². The summed E-state index contributed by atoms with van der Waals surface area (Å²) in [5.41, 5.74) is 9.87. The zero-order valence-corrected chi connectivity index (χ0v) is 6.91. The van der Waals surface area contributed by atoms with E-state index >= 15 is 0 Å². The lowest BCUT2D eigenvalue weighted by Gasteiger charge is -2.05. The first-order valence-electron chi connectivity index (χ1n) is 5.55. The Balaban J connectivity index is 4.55. The molecule has 0 saturated heterocycles. The summed E-state index contributed by atoms with van der Waals surface area (Å²) in [6.07, 6.45) is -3.20. The van der Waals surface area contributed by atoms with Gasteiger partial charge < -0.3 is 21.9 Å². The van der Waals surface area contributed by atoms with E-state index in [9.17, 15) is 9.59 Å². The number of carbonyl (C=O) groups is 2. The molecule has 0 rings (SSSR count). The summed E-state index contributed by atoms with van der Waals surface area (Å²) in [5.74, 6) is -1.30. The number of rotatable bonds is 6. The van der Waals surface area contributed by atoms with E-state index in [1.807, 2.05) is 0 Å². The molecule has 76 valence electrons. The van der Waals surface area contributed by atoms with Gasteiger partial charge in [-0.1, -0.05) is 0 Å². The fourth-order valence-electron chi connectivity index (χ4n) is 0.519. The predicted octanol–water partition coefficient (Wildman–Crippen LogP) is -0.763. The minimum atomic E-state index is -2.70. The number of primary amides is 1. The van der Waals surface area contributed by atoms with Crippen molar-refractivity contribution in [3.63, 3.8) is 0 Å². The van der Waals surface area contributed by atoms with Crippen LogP contribution in [0.25, 0.3) is 0 Å². The van der Waals surface area contributed by atoms with Crippen LogP contribution >= 0.6 is 0 Å². The molecule has 1 atom stereocenters. The molecule has 0 aromatic carbocycles. The predicted molar refractivity (Wildman–Crippen MR) is 47.0 cm³/mol. The zero-order chi connectivity index (χ0) is 13.9. The number of urea groups is 1. The van der Waals surface area contributed by atoms with Gasteiger partial charge in [0.15, 0.2) is 0 Å². The van der Waals surface area contributed by atoms with Crippen molar-refractivity contribution in [1.29, 1.82) is 0 Å². The van der Waals surface area contributed by atoms with Gasteiger partial charge in [0, 0.05) is 12.0 Å². The fourth-order valence-corrected chi connectivity index (χ4v) is 0.519. The van der Waals surface area contributed by atoms with Crippen LogP contribution in [-0.4, -0.2) is 29.6 Å². The fraction of sp³-hybridized carbons (Fsp3) is 0.714. The van der Waals surface area contributed by atoms with Gasteiger partial charge in [0.25, 0.3) is 0 Å². The van der Waals surface area contributed by atoms with Crippen LogP contribution in [0, 0.1) is 0 Å². The van der Waals surface area contributed by atoms with Gasteiger partial charge in [-0.2, -0.15) is 0 Å². The van der Waals surface area contributed by atoms with Crippen LogP contribution in [-0.2, 0) is 4.79 Å². The summed E-state index contributed by atoms with van der Waals surface area (Å²) in [4.78, 5) is 20.9. The first-order chi connectivity index (χ1) is 7.49. The Morgan fingerprint density at radius 3 is 2.69 bits per heavy atom. The molecule has 6 N–H and O–H groups in total. The average Bonchev–Trinajstić information content (AvgIpc) is 2.11. The van der Waals surface area contributed by atoms with E-state index in [1.54, 1.807) is 5.32 Å². The second-order valence-electron chi connectivity index (χ2n) is 2.27. The molecule has 0 aromatic heterocycles. The van der Waals surface area contributed by atoms with E-state index < -0.39 is 37.3 Å². The molecule has 0 aliphatic carbocycles. The van der Waals surface area contributed by atoms with E-state index in [1.165, 1.54) is 0 Å². The third-order valence-corrected chi connectivity index (χ3v) is 1.17. The number of hydrogen-bond acceptors (Lipinski definition) is 3. The second-order valence-corrected chi connectivity index (χ2v) is 2.27. The average molecular weight is 193 g/mol. The SMILES string of the molecule is [2H]C([2H])(CC[C@H](N)C(=O)O)C([2H])([2H])NC(N)=O. The van der Waals surface area contributed by atoms with Gasteiger partial charge in [0.2, 0.25) is 0 Å². The Labute approximate surface area is 81.9 Å². The summed E-state index contributed by atoms with van der Waals surface area (Å²) < 4.78 is 29.5. The van der Waals surface area contributed by atoms with Gasteiger partial charge >= 0.3 is 12.0 Å². The van der Waals surface area contributed by atoms with E-state index in [0.29, 0.717) is 0 Å². The Morgan fingerprint density at radius 1 is 1.62 bits per heavy atom. The smallest absolute Gasteiger partial charge is 0.320 e. The molecule has 0 aromatic rings. The summed E-state index contributed by atoms with van der Waals surface area (Å²) >= 11 is 0. The number of amides is 2. The lowest BCUT2D eigenvalue weighted by Crippen LogP contribution is -2.31. The number of nitrogens with two attached hydrogens (primary N) is 2. The maximum atomic E-state index is 10.5. The highest BCUT2D eigenvalue weighted by molar-refractivity contribution is 5.73. The molecule has 0 fully saturated rings. The third kappa shape index (κ3) is 7.07. The topological polar surface area (TPSA) is 118 Å². The van der Waals surface area contributed by atoms with Crippen LogP contribution in [0.2, 0.25) is 0 Å². The summed E-state index contributed by atoms with van der Waals surface area (Å²) in [7, 11) is 0. The van der Waals surface area contributed by atoms with Gasteiger partial charge in [0.05, 0.1) is 0 Å². The van der Waals surface area contributed by atoms with E-state index in [2.05, 4.69) is 0 Å². The molecular formula is C7H15N3O3. The van der Waals surface area contributed by atoms with Crippen molar-refractivity contribution < 1.29 is 20.2 Å². The largest absolute Gasteiger partial charge is 0.480 e. The maximum Gasteiger partial charge on any atom is 0.320 e. The summed E-state index contributed by atoms with van der Waals surface area (Å²) in [5, 5.41) is 10.1. The molecule has 0 heterocycles. The normalized spacial score (nSPS) is 18.8. The monoisotopic (exact) mass is 193 g/mol. The molecule has 0 aliphatic rings. The highest BCUT2D eigenvalue weighted by atomic mass is 16.4. The molecular weight excluding hydrogens is 174 g/mol. The quantitative estimate of drug-likeness (QED) is 0.443. The maximum absolute atomic E-state index is 10.5. The van der Waals surface area contributed by atoms with Gasteiger partial charge in [-0.05, 0) is 19.2 Å². The van der Waals surface area contributed by atoms with Crippen molar-refractivity contribution in [1.82, 2.24) is 5.32 Å². The van der Waals surface area contributed by atoms with E-state index in [0.717, 1.165) is 0 Å². The number of nitrogens with one attached hydrogen (secondary N) is 1. The first-order valence-corrected chi connectivity index (χ1v) is 3.55. The lowest BCUT2D eigenvalue weighted by molar-refractivity contribution is -0.138. The van der Waals surface area contributed by atoms with E-state index in [4.69, 9.17) is 22.1 Å². The molecule has 0 aliphatic heterocycles. The Morgan fingerprint density at radius 2 is 2.23 bits per heavy atom. The van der Waals surface area contributed by atoms with Gasteiger partial charge in [-0.25, -0.2) is 4.79 Å². The van der Waals surface area contributed by atoms with Crippen molar-refractivity contribution in [3.8, 4) is 0 Å². The van der Waals surface area contributed by atoms with E-state index in [-0.39, 0.29) is 6.42 Å². The molecule has 13 heavy (non-hydrogen) atoms. The molecule has 0 saturated carbocycles. The molecule has 0 unspecified atom stereocenters. The Kier molecular flexibility index (Phi) is 2.98. The third-order valence-electron chi connectivity index (χ3n) is 1.17. The van der Waals surface area contributed by atoms with Crippen LogP contribution in [0.1, 0.15) is 24.7 Å². The molecule has 0 bridgehead atoms. The first kappa shape index (κ1) is 6.20. The highest BCUT2D eigenvalue weighted by Crippen LogP contribution is 1.97. The van der Waals surface area contributed by atoms with Crippen molar-refractivity contribution in [2.24, 2.45) is 11.5 Å². The number of aliphatic carboxylic acids is 1. The molecule has 0 spiro atoms. The van der Waals surface area contributed by atoms with Gasteiger partial charge in [0.1, 0.15) is 6.04 Å². The number of carbonyl (C=O) groups excluding carboxylic acids is 1. The minimum Gasteiger partial charge on any atom is -0.480 e. The molecule has 6 nitrogen and oxygen atoms in total. The molecule has 0 radical (unpaired) electrons. The molecule has 2 amide bonds. The Bertz CT molecular complexity index is 311. The van der Waals surface area contributed by atoms with Gasteiger partial charge in [-0.3, -0.25) is 4.79 Å². The van der Waals surface area contributed by atoms with Crippen molar-refractivity contribution in [2.45, 2.75) is 25.3 Å².